The number of anilines is 1. The Bertz CT molecular complexity index is 661. The van der Waals surface area contributed by atoms with Crippen LogP contribution in [0, 0.1) is 6.92 Å². The van der Waals surface area contributed by atoms with Crippen LogP contribution in [-0.4, -0.2) is 23.1 Å². The molecule has 0 unspecified atom stereocenters. The molecule has 2 heterocycles. The molecule has 112 valence electrons. The van der Waals surface area contributed by atoms with Gasteiger partial charge in [-0.25, -0.2) is 9.97 Å². The molecule has 0 atom stereocenters. The van der Waals surface area contributed by atoms with E-state index < -0.39 is 11.7 Å². The van der Waals surface area contributed by atoms with Gasteiger partial charge >= 0.3 is 6.18 Å². The Morgan fingerprint density at radius 1 is 1.00 bits per heavy atom. The first-order valence-corrected chi connectivity index (χ1v) is 7.06. The second-order valence-electron chi connectivity index (χ2n) is 5.38. The van der Waals surface area contributed by atoms with E-state index in [1.807, 2.05) is 0 Å². The maximum Gasteiger partial charge on any atom is 0.416 e. The van der Waals surface area contributed by atoms with Crippen LogP contribution in [0.2, 0.25) is 0 Å². The highest BCUT2D eigenvalue weighted by molar-refractivity contribution is 5.77. The van der Waals surface area contributed by atoms with Crippen LogP contribution >= 0.6 is 0 Å². The molecule has 1 saturated heterocycles. The van der Waals surface area contributed by atoms with Gasteiger partial charge < -0.3 is 4.90 Å². The standard InChI is InChI=1S/C15H16F3N3/c1-10-14(21-7-3-2-4-8-21)20-12-6-5-11(15(16,17)18)9-13(12)19-10/h5-6,9H,2-4,7-8H2,1H3. The zero-order valence-electron chi connectivity index (χ0n) is 11.7. The highest BCUT2D eigenvalue weighted by Gasteiger charge is 2.30. The summed E-state index contributed by atoms with van der Waals surface area (Å²) in [5, 5.41) is 0. The molecule has 1 aromatic heterocycles. The average Bonchev–Trinajstić information content (AvgIpc) is 2.46. The number of halogens is 3. The smallest absolute Gasteiger partial charge is 0.355 e. The highest BCUT2D eigenvalue weighted by Crippen LogP contribution is 2.31. The predicted octanol–water partition coefficient (Wildman–Crippen LogP) is 3.95. The van der Waals surface area contributed by atoms with Gasteiger partial charge in [-0.15, -0.1) is 0 Å². The number of aryl methyl sites for hydroxylation is 1. The van der Waals surface area contributed by atoms with E-state index in [9.17, 15) is 13.2 Å². The Balaban J connectivity index is 2.04. The second kappa shape index (κ2) is 5.16. The lowest BCUT2D eigenvalue weighted by molar-refractivity contribution is -0.137. The molecular weight excluding hydrogens is 279 g/mol. The first-order valence-electron chi connectivity index (χ1n) is 7.06. The number of fused-ring (bicyclic) bond motifs is 1. The zero-order chi connectivity index (χ0) is 15.0. The number of benzene rings is 1. The van der Waals surface area contributed by atoms with Gasteiger partial charge in [0, 0.05) is 13.1 Å². The molecule has 1 aliphatic rings. The lowest BCUT2D eigenvalue weighted by Gasteiger charge is -2.28. The third-order valence-electron chi connectivity index (χ3n) is 3.80. The summed E-state index contributed by atoms with van der Waals surface area (Å²) in [5.74, 6) is 0.793. The maximum absolute atomic E-state index is 12.7. The molecule has 6 heteroatoms. The van der Waals surface area contributed by atoms with Crippen LogP contribution in [-0.2, 0) is 6.18 Å². The fourth-order valence-electron chi connectivity index (χ4n) is 2.71. The summed E-state index contributed by atoms with van der Waals surface area (Å²) in [7, 11) is 0. The minimum atomic E-state index is -4.35. The Morgan fingerprint density at radius 2 is 1.71 bits per heavy atom. The number of hydrogen-bond donors (Lipinski definition) is 0. The monoisotopic (exact) mass is 295 g/mol. The van der Waals surface area contributed by atoms with Crippen LogP contribution < -0.4 is 4.90 Å². The predicted molar refractivity (Wildman–Crippen MR) is 75.3 cm³/mol. The molecule has 1 aromatic carbocycles. The normalized spacial score (nSPS) is 16.5. The summed E-state index contributed by atoms with van der Waals surface area (Å²) in [4.78, 5) is 11.0. The van der Waals surface area contributed by atoms with Gasteiger partial charge in [-0.1, -0.05) is 0 Å². The van der Waals surface area contributed by atoms with Crippen LogP contribution in [0.3, 0.4) is 0 Å². The summed E-state index contributed by atoms with van der Waals surface area (Å²) < 4.78 is 38.2. The molecule has 1 fully saturated rings. The van der Waals surface area contributed by atoms with Crippen molar-refractivity contribution < 1.29 is 13.2 Å². The first kappa shape index (κ1) is 14.1. The molecule has 21 heavy (non-hydrogen) atoms. The van der Waals surface area contributed by atoms with Crippen molar-refractivity contribution in [2.75, 3.05) is 18.0 Å². The molecule has 2 aromatic rings. The van der Waals surface area contributed by atoms with Crippen molar-refractivity contribution in [3.63, 3.8) is 0 Å². The molecular formula is C15H16F3N3. The van der Waals surface area contributed by atoms with Crippen molar-refractivity contribution in [3.05, 3.63) is 29.5 Å². The first-order chi connectivity index (χ1) is 9.95. The molecule has 0 amide bonds. The SMILES string of the molecule is Cc1nc2cc(C(F)(F)F)ccc2nc1N1CCCCC1. The third kappa shape index (κ3) is 2.80. The minimum Gasteiger partial charge on any atom is -0.355 e. The van der Waals surface area contributed by atoms with E-state index in [0.717, 1.165) is 43.9 Å². The average molecular weight is 295 g/mol. The number of piperidine rings is 1. The number of hydrogen-bond acceptors (Lipinski definition) is 3. The van der Waals surface area contributed by atoms with Gasteiger partial charge in [0.25, 0.3) is 0 Å². The van der Waals surface area contributed by atoms with Gasteiger partial charge in [0.2, 0.25) is 0 Å². The van der Waals surface area contributed by atoms with E-state index >= 15 is 0 Å². The van der Waals surface area contributed by atoms with Gasteiger partial charge in [-0.2, -0.15) is 13.2 Å². The molecule has 0 spiro atoms. The van der Waals surface area contributed by atoms with Gasteiger partial charge in [0.05, 0.1) is 22.3 Å². The third-order valence-corrected chi connectivity index (χ3v) is 3.80. The number of rotatable bonds is 1. The van der Waals surface area contributed by atoms with E-state index in [2.05, 4.69) is 14.9 Å². The maximum atomic E-state index is 12.7. The van der Waals surface area contributed by atoms with Crippen molar-refractivity contribution in [3.8, 4) is 0 Å². The number of nitrogens with zero attached hydrogens (tertiary/aromatic N) is 3. The van der Waals surface area contributed by atoms with E-state index in [-0.39, 0.29) is 0 Å². The number of aromatic nitrogens is 2. The molecule has 0 bridgehead atoms. The minimum absolute atomic E-state index is 0.295. The molecule has 0 radical (unpaired) electrons. The van der Waals surface area contributed by atoms with E-state index in [4.69, 9.17) is 0 Å². The molecule has 0 saturated carbocycles. The molecule has 3 rings (SSSR count). The van der Waals surface area contributed by atoms with E-state index in [0.29, 0.717) is 16.7 Å². The topological polar surface area (TPSA) is 29.0 Å². The van der Waals surface area contributed by atoms with Gasteiger partial charge in [0.1, 0.15) is 0 Å². The van der Waals surface area contributed by atoms with Gasteiger partial charge in [-0.05, 0) is 44.4 Å². The summed E-state index contributed by atoms with van der Waals surface area (Å²) in [6.07, 6.45) is -0.904. The summed E-state index contributed by atoms with van der Waals surface area (Å²) in [6.45, 7) is 3.67. The molecule has 1 aliphatic heterocycles. The molecule has 3 nitrogen and oxygen atoms in total. The summed E-state index contributed by atoms with van der Waals surface area (Å²) in [6, 6.07) is 3.53. The van der Waals surface area contributed by atoms with Crippen molar-refractivity contribution >= 4 is 16.9 Å². The van der Waals surface area contributed by atoms with Crippen molar-refractivity contribution in [1.29, 1.82) is 0 Å². The van der Waals surface area contributed by atoms with Crippen LogP contribution in [0.4, 0.5) is 19.0 Å². The number of alkyl halides is 3. The molecule has 0 aliphatic carbocycles. The highest BCUT2D eigenvalue weighted by atomic mass is 19.4. The quantitative estimate of drug-likeness (QED) is 0.797. The fraction of sp³-hybridized carbons (Fsp3) is 0.467. The van der Waals surface area contributed by atoms with Crippen molar-refractivity contribution in [1.82, 2.24) is 9.97 Å². The van der Waals surface area contributed by atoms with Crippen LogP contribution in [0.25, 0.3) is 11.0 Å². The molecule has 0 N–H and O–H groups in total. The van der Waals surface area contributed by atoms with Gasteiger partial charge in [-0.3, -0.25) is 0 Å². The van der Waals surface area contributed by atoms with Crippen molar-refractivity contribution in [2.24, 2.45) is 0 Å². The second-order valence-corrected chi connectivity index (χ2v) is 5.38. The Kier molecular flexibility index (Phi) is 3.47. The van der Waals surface area contributed by atoms with E-state index in [1.165, 1.54) is 12.5 Å². The van der Waals surface area contributed by atoms with Crippen LogP contribution in [0.1, 0.15) is 30.5 Å². The van der Waals surface area contributed by atoms with Crippen LogP contribution in [0.15, 0.2) is 18.2 Å². The van der Waals surface area contributed by atoms with Gasteiger partial charge in [0.15, 0.2) is 5.82 Å². The Morgan fingerprint density at radius 3 is 2.38 bits per heavy atom. The lowest BCUT2D eigenvalue weighted by Crippen LogP contribution is -2.31. The van der Waals surface area contributed by atoms with Crippen LogP contribution in [0.5, 0.6) is 0 Å². The Labute approximate surface area is 120 Å². The largest absolute Gasteiger partial charge is 0.416 e. The van der Waals surface area contributed by atoms with E-state index in [1.54, 1.807) is 6.92 Å². The lowest BCUT2D eigenvalue weighted by atomic mass is 10.1. The Hall–Kier alpha value is -1.85. The summed E-state index contributed by atoms with van der Waals surface area (Å²) in [5.41, 5.74) is 0.801. The summed E-state index contributed by atoms with van der Waals surface area (Å²) >= 11 is 0. The fourth-order valence-corrected chi connectivity index (χ4v) is 2.71. The zero-order valence-corrected chi connectivity index (χ0v) is 11.7. The van der Waals surface area contributed by atoms with Crippen molar-refractivity contribution in [2.45, 2.75) is 32.4 Å².